The molecule has 4 nitrogen and oxygen atoms in total. The molecule has 0 aliphatic carbocycles. The molecule has 1 heterocycles. The highest BCUT2D eigenvalue weighted by Gasteiger charge is 2.20. The van der Waals surface area contributed by atoms with E-state index in [1.54, 1.807) is 6.07 Å². The maximum atomic E-state index is 11.3. The number of nitrogens with one attached hydrogen (secondary N) is 1. The van der Waals surface area contributed by atoms with Crippen LogP contribution in [-0.2, 0) is 16.1 Å². The third-order valence-electron chi connectivity index (χ3n) is 2.35. The van der Waals surface area contributed by atoms with Crippen molar-refractivity contribution in [3.8, 4) is 11.8 Å². The molecule has 1 aliphatic heterocycles. The molecule has 1 aromatic carbocycles. The molecule has 0 bridgehead atoms. The quantitative estimate of drug-likeness (QED) is 0.573. The average Bonchev–Trinajstić information content (AvgIpc) is 2.66. The number of carbonyl (C=O) groups is 2. The van der Waals surface area contributed by atoms with Crippen LogP contribution in [0.3, 0.4) is 0 Å². The first kappa shape index (κ1) is 11.2. The van der Waals surface area contributed by atoms with Crippen molar-refractivity contribution in [1.82, 2.24) is 5.32 Å². The summed E-state index contributed by atoms with van der Waals surface area (Å²) in [4.78, 5) is 21.9. The lowest BCUT2D eigenvalue weighted by Gasteiger charge is -1.95. The van der Waals surface area contributed by atoms with Crippen molar-refractivity contribution in [2.24, 2.45) is 0 Å². The van der Waals surface area contributed by atoms with Crippen LogP contribution in [0.1, 0.15) is 28.4 Å². The Kier molecular flexibility index (Phi) is 3.10. The molecule has 0 unspecified atom stereocenters. The lowest BCUT2D eigenvalue weighted by atomic mass is 10.1. The third kappa shape index (κ3) is 2.64. The number of esters is 1. The highest BCUT2D eigenvalue weighted by Crippen LogP contribution is 2.20. The summed E-state index contributed by atoms with van der Waals surface area (Å²) in [6.07, 6.45) is 0. The van der Waals surface area contributed by atoms with Crippen LogP contribution in [-0.4, -0.2) is 18.4 Å². The van der Waals surface area contributed by atoms with E-state index < -0.39 is 0 Å². The zero-order chi connectivity index (χ0) is 12.3. The largest absolute Gasteiger partial charge is 0.457 e. The smallest absolute Gasteiger partial charge is 0.338 e. The van der Waals surface area contributed by atoms with Crippen molar-refractivity contribution in [2.75, 3.05) is 6.54 Å². The van der Waals surface area contributed by atoms with Crippen molar-refractivity contribution in [1.29, 1.82) is 0 Å². The summed E-state index contributed by atoms with van der Waals surface area (Å²) in [5, 5.41) is 2.57. The number of cyclic esters (lactones) is 1. The fraction of sp³-hybridized carbons (Fsp3) is 0.231. The highest BCUT2D eigenvalue weighted by atomic mass is 16.5. The third-order valence-corrected chi connectivity index (χ3v) is 2.35. The Balaban J connectivity index is 2.10. The first-order valence-electron chi connectivity index (χ1n) is 5.20. The van der Waals surface area contributed by atoms with Crippen LogP contribution in [0.4, 0.5) is 0 Å². The predicted octanol–water partition coefficient (Wildman–Crippen LogP) is 0.845. The maximum Gasteiger partial charge on any atom is 0.338 e. The van der Waals surface area contributed by atoms with Crippen LogP contribution < -0.4 is 5.32 Å². The fourth-order valence-corrected chi connectivity index (χ4v) is 1.51. The zero-order valence-corrected chi connectivity index (χ0v) is 9.37. The molecule has 1 N–H and O–H groups in total. The van der Waals surface area contributed by atoms with E-state index in [4.69, 9.17) is 4.74 Å². The van der Waals surface area contributed by atoms with E-state index in [2.05, 4.69) is 17.2 Å². The first-order valence-corrected chi connectivity index (χ1v) is 5.20. The van der Waals surface area contributed by atoms with Gasteiger partial charge in [0, 0.05) is 18.1 Å². The van der Waals surface area contributed by atoms with E-state index in [9.17, 15) is 9.59 Å². The van der Waals surface area contributed by atoms with E-state index in [-0.39, 0.29) is 11.9 Å². The minimum Gasteiger partial charge on any atom is -0.457 e. The number of hydrogen-bond acceptors (Lipinski definition) is 3. The SMILES string of the molecule is CC(=O)NCC#Cc1ccc2c(c1)C(=O)OC2. The van der Waals surface area contributed by atoms with Gasteiger partial charge in [0.2, 0.25) is 5.91 Å². The Bertz CT molecular complexity index is 537. The molecule has 86 valence electrons. The van der Waals surface area contributed by atoms with Crippen molar-refractivity contribution < 1.29 is 14.3 Å². The van der Waals surface area contributed by atoms with Crippen LogP contribution in [0.25, 0.3) is 0 Å². The Morgan fingerprint density at radius 3 is 3.12 bits per heavy atom. The van der Waals surface area contributed by atoms with Gasteiger partial charge in [-0.05, 0) is 12.1 Å². The molecule has 0 spiro atoms. The number of ether oxygens (including phenoxy) is 1. The summed E-state index contributed by atoms with van der Waals surface area (Å²) in [6, 6.07) is 5.38. The van der Waals surface area contributed by atoms with Gasteiger partial charge in [-0.3, -0.25) is 4.79 Å². The molecule has 0 aromatic heterocycles. The van der Waals surface area contributed by atoms with E-state index in [0.717, 1.165) is 11.1 Å². The van der Waals surface area contributed by atoms with Gasteiger partial charge >= 0.3 is 5.97 Å². The molecular weight excluding hydrogens is 218 g/mol. The molecule has 17 heavy (non-hydrogen) atoms. The lowest BCUT2D eigenvalue weighted by Crippen LogP contribution is -2.19. The van der Waals surface area contributed by atoms with Crippen LogP contribution in [0, 0.1) is 11.8 Å². The second-order valence-corrected chi connectivity index (χ2v) is 3.66. The first-order chi connectivity index (χ1) is 8.16. The number of fused-ring (bicyclic) bond motifs is 1. The van der Waals surface area contributed by atoms with E-state index in [1.807, 2.05) is 12.1 Å². The lowest BCUT2D eigenvalue weighted by molar-refractivity contribution is -0.118. The normalized spacial score (nSPS) is 12.2. The molecule has 0 radical (unpaired) electrons. The van der Waals surface area contributed by atoms with Crippen LogP contribution in [0.2, 0.25) is 0 Å². The van der Waals surface area contributed by atoms with Gasteiger partial charge in [-0.15, -0.1) is 0 Å². The Hall–Kier alpha value is -2.28. The average molecular weight is 229 g/mol. The van der Waals surface area contributed by atoms with Crippen LogP contribution in [0.5, 0.6) is 0 Å². The van der Waals surface area contributed by atoms with E-state index in [0.29, 0.717) is 18.7 Å². The van der Waals surface area contributed by atoms with Crippen molar-refractivity contribution in [3.63, 3.8) is 0 Å². The minimum absolute atomic E-state index is 0.114. The maximum absolute atomic E-state index is 11.3. The molecule has 0 atom stereocenters. The van der Waals surface area contributed by atoms with Gasteiger partial charge in [0.1, 0.15) is 6.61 Å². The second kappa shape index (κ2) is 4.71. The highest BCUT2D eigenvalue weighted by molar-refractivity contribution is 5.93. The van der Waals surface area contributed by atoms with Crippen molar-refractivity contribution >= 4 is 11.9 Å². The van der Waals surface area contributed by atoms with Crippen LogP contribution >= 0.6 is 0 Å². The summed E-state index contributed by atoms with van der Waals surface area (Å²) in [6.45, 7) is 2.08. The number of amides is 1. The summed E-state index contributed by atoms with van der Waals surface area (Å²) < 4.78 is 4.89. The standard InChI is InChI=1S/C13H11NO3/c1-9(15)14-6-2-3-10-4-5-11-8-17-13(16)12(11)7-10/h4-5,7H,6,8H2,1H3,(H,14,15). The minimum atomic E-state index is -0.300. The van der Waals surface area contributed by atoms with Gasteiger partial charge in [-0.1, -0.05) is 17.9 Å². The number of rotatable bonds is 1. The zero-order valence-electron chi connectivity index (χ0n) is 9.37. The molecule has 1 amide bonds. The molecular formula is C13H11NO3. The van der Waals surface area contributed by atoms with Gasteiger partial charge in [-0.2, -0.15) is 0 Å². The second-order valence-electron chi connectivity index (χ2n) is 3.66. The Morgan fingerprint density at radius 2 is 2.35 bits per heavy atom. The van der Waals surface area contributed by atoms with E-state index in [1.165, 1.54) is 6.92 Å². The van der Waals surface area contributed by atoms with Gasteiger partial charge in [0.15, 0.2) is 0 Å². The van der Waals surface area contributed by atoms with Crippen LogP contribution in [0.15, 0.2) is 18.2 Å². The molecule has 0 saturated carbocycles. The summed E-state index contributed by atoms with van der Waals surface area (Å²) in [5.74, 6) is 5.27. The van der Waals surface area contributed by atoms with E-state index >= 15 is 0 Å². The number of carbonyl (C=O) groups excluding carboxylic acids is 2. The van der Waals surface area contributed by atoms with Gasteiger partial charge in [0.25, 0.3) is 0 Å². The summed E-state index contributed by atoms with van der Waals surface area (Å²) in [7, 11) is 0. The molecule has 1 aliphatic rings. The number of hydrogen-bond donors (Lipinski definition) is 1. The van der Waals surface area contributed by atoms with Gasteiger partial charge in [0.05, 0.1) is 12.1 Å². The topological polar surface area (TPSA) is 55.4 Å². The van der Waals surface area contributed by atoms with Gasteiger partial charge < -0.3 is 10.1 Å². The fourth-order valence-electron chi connectivity index (χ4n) is 1.51. The van der Waals surface area contributed by atoms with Crippen molar-refractivity contribution in [2.45, 2.75) is 13.5 Å². The monoisotopic (exact) mass is 229 g/mol. The Labute approximate surface area is 99.0 Å². The summed E-state index contributed by atoms with van der Waals surface area (Å²) >= 11 is 0. The molecule has 0 fully saturated rings. The Morgan fingerprint density at radius 1 is 1.53 bits per heavy atom. The molecule has 2 rings (SSSR count). The van der Waals surface area contributed by atoms with Crippen molar-refractivity contribution in [3.05, 3.63) is 34.9 Å². The molecule has 4 heteroatoms. The summed E-state index contributed by atoms with van der Waals surface area (Å²) in [5.41, 5.74) is 2.21. The molecule has 1 aromatic rings. The predicted molar refractivity (Wildman–Crippen MR) is 61.1 cm³/mol. The number of benzene rings is 1. The van der Waals surface area contributed by atoms with Gasteiger partial charge in [-0.25, -0.2) is 4.79 Å². The molecule has 0 saturated heterocycles.